The average Bonchev–Trinajstić information content (AvgIpc) is 3.91. The van der Waals surface area contributed by atoms with E-state index in [2.05, 4.69) is 38.0 Å². The van der Waals surface area contributed by atoms with Gasteiger partial charge in [-0.1, -0.05) is 132 Å². The summed E-state index contributed by atoms with van der Waals surface area (Å²) in [5.74, 6) is -2.54. The van der Waals surface area contributed by atoms with E-state index in [0.717, 1.165) is 36.0 Å². The minimum Gasteiger partial charge on any atom is -0.347 e. The number of likely N-dealkylation sites (N-methyl/N-ethyl adjacent to an activating group) is 2. The van der Waals surface area contributed by atoms with Crippen LogP contribution in [-0.2, 0) is 54.7 Å². The summed E-state index contributed by atoms with van der Waals surface area (Å²) >= 11 is 6.84. The molecule has 0 bridgehead atoms. The van der Waals surface area contributed by atoms with Gasteiger partial charge in [-0.3, -0.25) is 33.6 Å². The lowest BCUT2D eigenvalue weighted by Gasteiger charge is -2.43. The number of benzene rings is 4. The summed E-state index contributed by atoms with van der Waals surface area (Å²) in [5.41, 5.74) is 4.38. The second-order valence-corrected chi connectivity index (χ2v) is 23.9. The van der Waals surface area contributed by atoms with Gasteiger partial charge in [-0.25, -0.2) is 0 Å². The standard InChI is InChI=1S/C61H80ClN9O7/c1-36(63-10)53(72)67-51(60(4,5)6)58(77)70-34-43-21-13-12-20-42(43)31-50(70)57(76)69(38(3)45-23-16-17-25-47(45)62)33-39-27-29-41(30-28-39)55(74)65-44-32-49(56(75)66-48-26-18-22-40-19-14-15-24-46(40)48)71(35-44)59(78)52(61(7,8)9)68-54(73)37(2)64-11/h12-17,19-21,23-25,27-30,36-38,44,48-52,63-64H,18,22,26,31-35H2,1-11H3,(H,65,74)(H,66,75)(H,67,72)(H,68,73)/t36-,37-,38?,44?,48+,49-,50-,51?,52+/m0/s1. The van der Waals surface area contributed by atoms with E-state index in [-0.39, 0.29) is 68.1 Å². The third-order valence-corrected chi connectivity index (χ3v) is 16.2. The van der Waals surface area contributed by atoms with Crippen LogP contribution in [0, 0.1) is 10.8 Å². The Morgan fingerprint density at radius 2 is 1.22 bits per heavy atom. The highest BCUT2D eigenvalue weighted by Gasteiger charge is 2.47. The quantitative estimate of drug-likeness (QED) is 0.0678. The van der Waals surface area contributed by atoms with E-state index in [9.17, 15) is 28.8 Å². The molecule has 78 heavy (non-hydrogen) atoms. The third-order valence-electron chi connectivity index (χ3n) is 15.9. The van der Waals surface area contributed by atoms with Gasteiger partial charge in [-0.15, -0.1) is 0 Å². The summed E-state index contributed by atoms with van der Waals surface area (Å²) in [6.45, 7) is 16.9. The van der Waals surface area contributed by atoms with Gasteiger partial charge >= 0.3 is 0 Å². The van der Waals surface area contributed by atoms with Crippen LogP contribution in [0.25, 0.3) is 0 Å². The summed E-state index contributed by atoms with van der Waals surface area (Å²) in [4.78, 5) is 105. The molecule has 1 fully saturated rings. The van der Waals surface area contributed by atoms with Gasteiger partial charge in [0.15, 0.2) is 0 Å². The molecule has 17 heteroatoms. The summed E-state index contributed by atoms with van der Waals surface area (Å²) in [7, 11) is 3.34. The topological polar surface area (TPSA) is 201 Å². The molecular weight excluding hydrogens is 1010 g/mol. The molecule has 4 aromatic carbocycles. The zero-order chi connectivity index (χ0) is 56.8. The van der Waals surface area contributed by atoms with Crippen LogP contribution in [0.15, 0.2) is 97.1 Å². The largest absolute Gasteiger partial charge is 0.347 e. The molecule has 7 amide bonds. The highest BCUT2D eigenvalue weighted by Crippen LogP contribution is 2.35. The Balaban J connectivity index is 1.15. The second kappa shape index (κ2) is 25.0. The molecule has 0 aromatic heterocycles. The van der Waals surface area contributed by atoms with Crippen molar-refractivity contribution in [2.75, 3.05) is 20.6 Å². The molecule has 1 saturated heterocycles. The molecule has 7 rings (SSSR count). The SMILES string of the molecule is CN[C@@H](C)C(=O)NC(C(=O)N1Cc2ccccc2C[C@H]1C(=O)N(Cc1ccc(C(=O)NC2C[C@@H](C(=O)N[C@@H]3CCCc4ccccc43)N(C(=O)[C@@H](NC(=O)[C@H](C)NC)C(C)(C)C)C2)cc1)C(C)c1ccccc1Cl)C(C)(C)C. The molecule has 16 nitrogen and oxygen atoms in total. The van der Waals surface area contributed by atoms with E-state index < -0.39 is 71.0 Å². The summed E-state index contributed by atoms with van der Waals surface area (Å²) in [6.07, 6.45) is 2.95. The molecule has 3 unspecified atom stereocenters. The smallest absolute Gasteiger partial charge is 0.251 e. The number of rotatable bonds is 17. The molecule has 0 saturated carbocycles. The first-order valence-corrected chi connectivity index (χ1v) is 27.7. The Morgan fingerprint density at radius 3 is 1.81 bits per heavy atom. The molecule has 4 aromatic rings. The van der Waals surface area contributed by atoms with E-state index in [1.165, 1.54) is 10.5 Å². The Kier molecular flexibility index (Phi) is 18.9. The maximum atomic E-state index is 15.5. The molecule has 1 aliphatic carbocycles. The van der Waals surface area contributed by atoms with Crippen LogP contribution in [0.5, 0.6) is 0 Å². The minimum absolute atomic E-state index is 0.0339. The Morgan fingerprint density at radius 1 is 0.667 bits per heavy atom. The van der Waals surface area contributed by atoms with Crippen molar-refractivity contribution in [1.29, 1.82) is 0 Å². The van der Waals surface area contributed by atoms with Crippen LogP contribution < -0.4 is 31.9 Å². The first-order chi connectivity index (χ1) is 36.9. The van der Waals surface area contributed by atoms with Crippen LogP contribution in [-0.4, -0.2) is 119 Å². The predicted molar refractivity (Wildman–Crippen MR) is 303 cm³/mol. The normalized spacial score (nSPS) is 20.2. The molecule has 2 aliphatic heterocycles. The molecular formula is C61H80ClN9O7. The van der Waals surface area contributed by atoms with Crippen molar-refractivity contribution >= 4 is 53.0 Å². The Labute approximate surface area is 465 Å². The van der Waals surface area contributed by atoms with Crippen molar-refractivity contribution < 1.29 is 33.6 Å². The van der Waals surface area contributed by atoms with Gasteiger partial charge in [-0.2, -0.15) is 0 Å². The lowest BCUT2D eigenvalue weighted by Crippen LogP contribution is -2.62. The number of fused-ring (bicyclic) bond motifs is 2. The van der Waals surface area contributed by atoms with E-state index in [1.54, 1.807) is 68.1 Å². The van der Waals surface area contributed by atoms with Gasteiger partial charge in [-0.05, 0) is 123 Å². The molecule has 6 N–H and O–H groups in total. The number of carbonyl (C=O) groups excluding carboxylic acids is 7. The van der Waals surface area contributed by atoms with Gasteiger partial charge in [0, 0.05) is 42.7 Å². The Bertz CT molecular complexity index is 2850. The van der Waals surface area contributed by atoms with Crippen LogP contribution in [0.1, 0.15) is 137 Å². The van der Waals surface area contributed by atoms with Gasteiger partial charge in [0.05, 0.1) is 24.2 Å². The fourth-order valence-corrected chi connectivity index (χ4v) is 11.1. The predicted octanol–water partition coefficient (Wildman–Crippen LogP) is 6.55. The van der Waals surface area contributed by atoms with Crippen LogP contribution in [0.2, 0.25) is 5.02 Å². The number of aryl methyl sites for hydroxylation is 1. The van der Waals surface area contributed by atoms with E-state index in [0.29, 0.717) is 21.7 Å². The number of nitrogens with zero attached hydrogens (tertiary/aromatic N) is 3. The number of carbonyl (C=O) groups is 7. The number of nitrogens with one attached hydrogen (secondary N) is 6. The van der Waals surface area contributed by atoms with Gasteiger partial charge in [0.1, 0.15) is 24.2 Å². The third kappa shape index (κ3) is 13.6. The first-order valence-electron chi connectivity index (χ1n) is 27.4. The van der Waals surface area contributed by atoms with Crippen LogP contribution in [0.3, 0.4) is 0 Å². The molecule has 3 aliphatic rings. The van der Waals surface area contributed by atoms with Crippen LogP contribution in [0.4, 0.5) is 0 Å². The van der Waals surface area contributed by atoms with E-state index >= 15 is 4.79 Å². The van der Waals surface area contributed by atoms with Gasteiger partial charge in [0.2, 0.25) is 35.4 Å². The maximum Gasteiger partial charge on any atom is 0.251 e. The van der Waals surface area contributed by atoms with E-state index in [4.69, 9.17) is 11.6 Å². The van der Waals surface area contributed by atoms with Gasteiger partial charge in [0.25, 0.3) is 5.91 Å². The van der Waals surface area contributed by atoms with Crippen molar-refractivity contribution in [2.24, 2.45) is 10.8 Å². The molecule has 418 valence electrons. The average molecular weight is 1090 g/mol. The van der Waals surface area contributed by atoms with Crippen LogP contribution >= 0.6 is 11.6 Å². The fraction of sp³-hybridized carbons (Fsp3) is 0.492. The number of amides is 7. The summed E-state index contributed by atoms with van der Waals surface area (Å²) < 4.78 is 0. The lowest BCUT2D eigenvalue weighted by atomic mass is 9.84. The summed E-state index contributed by atoms with van der Waals surface area (Å²) in [5, 5.41) is 18.6. The lowest BCUT2D eigenvalue weighted by molar-refractivity contribution is -0.152. The minimum atomic E-state index is -0.974. The Hall–Kier alpha value is -6.62. The molecule has 9 atom stereocenters. The number of hydrogen-bond donors (Lipinski definition) is 6. The molecule has 0 spiro atoms. The zero-order valence-corrected chi connectivity index (χ0v) is 47.9. The highest BCUT2D eigenvalue weighted by molar-refractivity contribution is 6.31. The van der Waals surface area contributed by atoms with Gasteiger partial charge < -0.3 is 46.6 Å². The molecule has 2 heterocycles. The zero-order valence-electron chi connectivity index (χ0n) is 47.2. The maximum absolute atomic E-state index is 15.5. The molecule has 0 radical (unpaired) electrons. The van der Waals surface area contributed by atoms with E-state index in [1.807, 2.05) is 109 Å². The monoisotopic (exact) mass is 1090 g/mol. The second-order valence-electron chi connectivity index (χ2n) is 23.5. The van der Waals surface area contributed by atoms with Crippen molar-refractivity contribution in [1.82, 2.24) is 46.6 Å². The number of halogens is 1. The van der Waals surface area contributed by atoms with Crippen molar-refractivity contribution in [3.8, 4) is 0 Å². The van der Waals surface area contributed by atoms with Crippen molar-refractivity contribution in [3.63, 3.8) is 0 Å². The number of hydrogen-bond acceptors (Lipinski definition) is 9. The first kappa shape index (κ1) is 59.0. The highest BCUT2D eigenvalue weighted by atomic mass is 35.5. The summed E-state index contributed by atoms with van der Waals surface area (Å²) in [6, 6.07) is 23.7. The number of likely N-dealkylation sites (tertiary alicyclic amines) is 1. The fourth-order valence-electron chi connectivity index (χ4n) is 10.8. The van der Waals surface area contributed by atoms with Crippen molar-refractivity contribution in [3.05, 3.63) is 141 Å². The van der Waals surface area contributed by atoms with Crippen molar-refractivity contribution in [2.45, 2.75) is 162 Å².